The molecule has 8 nitrogen and oxygen atoms in total. The van der Waals surface area contributed by atoms with E-state index in [9.17, 15) is 22.8 Å². The highest BCUT2D eigenvalue weighted by Crippen LogP contribution is 2.35. The van der Waals surface area contributed by atoms with Crippen molar-refractivity contribution >= 4 is 22.9 Å². The van der Waals surface area contributed by atoms with Crippen LogP contribution in [0.2, 0.25) is 0 Å². The summed E-state index contributed by atoms with van der Waals surface area (Å²) in [5, 5.41) is 5.38. The number of carbonyl (C=O) groups is 2. The van der Waals surface area contributed by atoms with Crippen molar-refractivity contribution in [2.75, 3.05) is 19.6 Å². The standard InChI is InChI=1S/C22H28F3N5O3/c1-13-18-15(7-8-26-13)30(12-17(31)29-9-5-6-16(29)22(23,24)25)27-19(18)14-10-28(11-14)20(32)33-21(2,3)4/h7-8,14,16H,5-6,9-12H2,1-4H3/t16-/m0/s1. The van der Waals surface area contributed by atoms with Crippen LogP contribution in [-0.2, 0) is 16.1 Å². The third-order valence-corrected chi connectivity index (χ3v) is 6.04. The van der Waals surface area contributed by atoms with Gasteiger partial charge in [0.25, 0.3) is 0 Å². The van der Waals surface area contributed by atoms with E-state index in [1.807, 2.05) is 6.92 Å². The van der Waals surface area contributed by atoms with E-state index >= 15 is 0 Å². The highest BCUT2D eigenvalue weighted by atomic mass is 19.4. The van der Waals surface area contributed by atoms with Gasteiger partial charge in [0.1, 0.15) is 18.2 Å². The van der Waals surface area contributed by atoms with Crippen molar-refractivity contribution in [3.8, 4) is 0 Å². The minimum absolute atomic E-state index is 0.0750. The minimum atomic E-state index is -4.44. The van der Waals surface area contributed by atoms with E-state index in [1.165, 1.54) is 4.68 Å². The molecular formula is C22H28F3N5O3. The van der Waals surface area contributed by atoms with Gasteiger partial charge in [-0.05, 0) is 46.6 Å². The van der Waals surface area contributed by atoms with Crippen molar-refractivity contribution in [1.29, 1.82) is 0 Å². The van der Waals surface area contributed by atoms with Gasteiger partial charge in [-0.2, -0.15) is 18.3 Å². The first kappa shape index (κ1) is 23.3. The summed E-state index contributed by atoms with van der Waals surface area (Å²) in [7, 11) is 0. The summed E-state index contributed by atoms with van der Waals surface area (Å²) < 4.78 is 46.8. The zero-order valence-corrected chi connectivity index (χ0v) is 19.1. The molecule has 0 aliphatic carbocycles. The molecule has 4 rings (SSSR count). The molecule has 0 bridgehead atoms. The van der Waals surface area contributed by atoms with E-state index in [-0.39, 0.29) is 25.4 Å². The van der Waals surface area contributed by atoms with Crippen LogP contribution in [-0.4, -0.2) is 74.0 Å². The molecule has 33 heavy (non-hydrogen) atoms. The molecule has 0 radical (unpaired) electrons. The van der Waals surface area contributed by atoms with Crippen molar-refractivity contribution in [1.82, 2.24) is 24.6 Å². The Kier molecular flexibility index (Phi) is 5.78. The first-order chi connectivity index (χ1) is 15.3. The maximum absolute atomic E-state index is 13.3. The highest BCUT2D eigenvalue weighted by molar-refractivity contribution is 5.87. The van der Waals surface area contributed by atoms with Gasteiger partial charge in [-0.25, -0.2) is 4.79 Å². The number of aromatic nitrogens is 3. The number of likely N-dealkylation sites (tertiary alicyclic amines) is 2. The Morgan fingerprint density at radius 3 is 2.55 bits per heavy atom. The number of aryl methyl sites for hydroxylation is 1. The molecule has 0 N–H and O–H groups in total. The minimum Gasteiger partial charge on any atom is -0.444 e. The highest BCUT2D eigenvalue weighted by Gasteiger charge is 2.47. The lowest BCUT2D eigenvalue weighted by Crippen LogP contribution is -2.50. The molecule has 2 aromatic heterocycles. The van der Waals surface area contributed by atoms with Crippen molar-refractivity contribution < 1.29 is 27.5 Å². The Morgan fingerprint density at radius 2 is 1.91 bits per heavy atom. The largest absolute Gasteiger partial charge is 0.444 e. The normalized spacial score (nSPS) is 19.8. The van der Waals surface area contributed by atoms with Crippen LogP contribution in [0.4, 0.5) is 18.0 Å². The first-order valence-corrected chi connectivity index (χ1v) is 11.0. The summed E-state index contributed by atoms with van der Waals surface area (Å²) in [6.45, 7) is 7.84. The third-order valence-electron chi connectivity index (χ3n) is 6.04. The Hall–Kier alpha value is -2.85. The number of hydrogen-bond donors (Lipinski definition) is 0. The molecule has 2 saturated heterocycles. The number of rotatable bonds is 3. The average molecular weight is 467 g/mol. The van der Waals surface area contributed by atoms with E-state index in [4.69, 9.17) is 4.74 Å². The lowest BCUT2D eigenvalue weighted by atomic mass is 9.94. The SMILES string of the molecule is Cc1nccc2c1c(C1CN(C(=O)OC(C)(C)C)C1)nn2CC(=O)N1CCC[C@H]1C(F)(F)F. The van der Waals surface area contributed by atoms with Crippen molar-refractivity contribution in [2.24, 2.45) is 0 Å². The maximum Gasteiger partial charge on any atom is 0.410 e. The zero-order chi connectivity index (χ0) is 24.1. The van der Waals surface area contributed by atoms with Gasteiger partial charge >= 0.3 is 12.3 Å². The van der Waals surface area contributed by atoms with E-state index in [0.717, 1.165) is 10.3 Å². The average Bonchev–Trinajstić information content (AvgIpc) is 3.25. The summed E-state index contributed by atoms with van der Waals surface area (Å²) >= 11 is 0. The molecule has 1 atom stereocenters. The number of pyridine rings is 1. The monoisotopic (exact) mass is 467 g/mol. The molecule has 2 aliphatic heterocycles. The molecule has 11 heteroatoms. The first-order valence-electron chi connectivity index (χ1n) is 11.0. The van der Waals surface area contributed by atoms with Gasteiger partial charge in [0.2, 0.25) is 5.91 Å². The van der Waals surface area contributed by atoms with Crippen LogP contribution in [0.3, 0.4) is 0 Å². The third kappa shape index (κ3) is 4.63. The van der Waals surface area contributed by atoms with Crippen LogP contribution in [0.25, 0.3) is 10.9 Å². The van der Waals surface area contributed by atoms with E-state index in [2.05, 4.69) is 10.1 Å². The second-order valence-corrected chi connectivity index (χ2v) is 9.70. The molecule has 0 spiro atoms. The fourth-order valence-corrected chi connectivity index (χ4v) is 4.48. The Morgan fingerprint density at radius 1 is 1.21 bits per heavy atom. The van der Waals surface area contributed by atoms with Crippen LogP contribution in [0, 0.1) is 6.92 Å². The molecule has 2 amide bonds. The molecule has 0 saturated carbocycles. The molecule has 4 heterocycles. The van der Waals surface area contributed by atoms with E-state index in [1.54, 1.807) is 37.9 Å². The zero-order valence-electron chi connectivity index (χ0n) is 19.1. The molecule has 0 unspecified atom stereocenters. The number of carbonyl (C=O) groups excluding carboxylic acids is 2. The number of fused-ring (bicyclic) bond motifs is 1. The molecule has 0 aromatic carbocycles. The van der Waals surface area contributed by atoms with Crippen LogP contribution in [0.15, 0.2) is 12.3 Å². The number of halogens is 3. The fourth-order valence-electron chi connectivity index (χ4n) is 4.48. The Labute approximate surface area is 189 Å². The molecule has 2 aliphatic rings. The second kappa shape index (κ2) is 8.18. The van der Waals surface area contributed by atoms with E-state index < -0.39 is 29.8 Å². The number of amides is 2. The maximum atomic E-state index is 13.3. The van der Waals surface area contributed by atoms with Crippen molar-refractivity contribution in [3.63, 3.8) is 0 Å². The lowest BCUT2D eigenvalue weighted by molar-refractivity contribution is -0.183. The molecule has 180 valence electrons. The molecule has 2 fully saturated rings. The number of alkyl halides is 3. The number of ether oxygens (including phenoxy) is 1. The Balaban J connectivity index is 1.55. The second-order valence-electron chi connectivity index (χ2n) is 9.70. The quantitative estimate of drug-likeness (QED) is 0.689. The topological polar surface area (TPSA) is 80.6 Å². The van der Waals surface area contributed by atoms with Crippen molar-refractivity contribution in [3.05, 3.63) is 23.7 Å². The van der Waals surface area contributed by atoms with Gasteiger partial charge < -0.3 is 14.5 Å². The molecular weight excluding hydrogens is 439 g/mol. The van der Waals surface area contributed by atoms with Gasteiger partial charge in [0.05, 0.1) is 11.2 Å². The van der Waals surface area contributed by atoms with Gasteiger partial charge in [-0.15, -0.1) is 0 Å². The number of hydrogen-bond acceptors (Lipinski definition) is 5. The fraction of sp³-hybridized carbons (Fsp3) is 0.636. The van der Waals surface area contributed by atoms with Crippen LogP contribution in [0.5, 0.6) is 0 Å². The van der Waals surface area contributed by atoms with Gasteiger partial charge in [-0.3, -0.25) is 14.5 Å². The van der Waals surface area contributed by atoms with Crippen LogP contribution < -0.4 is 0 Å². The summed E-state index contributed by atoms with van der Waals surface area (Å²) in [5.74, 6) is -0.682. The summed E-state index contributed by atoms with van der Waals surface area (Å²) in [4.78, 5) is 31.9. The summed E-state index contributed by atoms with van der Waals surface area (Å²) in [6.07, 6.45) is -3.01. The van der Waals surface area contributed by atoms with Gasteiger partial charge in [0.15, 0.2) is 0 Å². The summed E-state index contributed by atoms with van der Waals surface area (Å²) in [5.41, 5.74) is 1.45. The lowest BCUT2D eigenvalue weighted by Gasteiger charge is -2.39. The van der Waals surface area contributed by atoms with Crippen molar-refractivity contribution in [2.45, 2.75) is 70.8 Å². The molecule has 2 aromatic rings. The van der Waals surface area contributed by atoms with Gasteiger partial charge in [0, 0.05) is 42.8 Å². The van der Waals surface area contributed by atoms with E-state index in [0.29, 0.717) is 36.4 Å². The summed E-state index contributed by atoms with van der Waals surface area (Å²) in [6, 6.07) is -0.0366. The van der Waals surface area contributed by atoms with Crippen LogP contribution >= 0.6 is 0 Å². The smallest absolute Gasteiger partial charge is 0.410 e. The van der Waals surface area contributed by atoms with Crippen LogP contribution in [0.1, 0.15) is 50.9 Å². The predicted octanol–water partition coefficient (Wildman–Crippen LogP) is 3.63. The predicted molar refractivity (Wildman–Crippen MR) is 114 cm³/mol. The Bertz CT molecular complexity index is 1070. The number of nitrogens with zero attached hydrogens (tertiary/aromatic N) is 5. The van der Waals surface area contributed by atoms with Gasteiger partial charge in [-0.1, -0.05) is 0 Å².